The molecule has 0 fully saturated rings. The fourth-order valence-electron chi connectivity index (χ4n) is 2.75. The highest BCUT2D eigenvalue weighted by molar-refractivity contribution is 7.15. The topological polar surface area (TPSA) is 69.0 Å². The van der Waals surface area contributed by atoms with Crippen LogP contribution < -0.4 is 10.1 Å². The number of hydrogen-bond acceptors (Lipinski definition) is 6. The zero-order valence-corrected chi connectivity index (χ0v) is 17.0. The van der Waals surface area contributed by atoms with E-state index in [0.29, 0.717) is 5.82 Å². The molecule has 1 amide bonds. The van der Waals surface area contributed by atoms with E-state index in [1.54, 1.807) is 23.1 Å². The van der Waals surface area contributed by atoms with E-state index in [0.717, 1.165) is 32.7 Å². The Morgan fingerprint density at radius 1 is 1.21 bits per heavy atom. The molecule has 28 heavy (non-hydrogen) atoms. The number of ether oxygens (including phenoxy) is 1. The Bertz CT molecular complexity index is 1080. The van der Waals surface area contributed by atoms with Gasteiger partial charge in [-0.3, -0.25) is 4.79 Å². The van der Waals surface area contributed by atoms with E-state index in [4.69, 9.17) is 4.74 Å². The monoisotopic (exact) mass is 410 g/mol. The van der Waals surface area contributed by atoms with Crippen molar-refractivity contribution in [3.05, 3.63) is 64.5 Å². The van der Waals surface area contributed by atoms with Crippen molar-refractivity contribution in [2.24, 2.45) is 0 Å². The third kappa shape index (κ3) is 3.97. The van der Waals surface area contributed by atoms with Crippen molar-refractivity contribution in [3.8, 4) is 21.5 Å². The van der Waals surface area contributed by atoms with E-state index >= 15 is 0 Å². The van der Waals surface area contributed by atoms with Gasteiger partial charge in [0.1, 0.15) is 11.6 Å². The first kappa shape index (κ1) is 18.4. The van der Waals surface area contributed by atoms with Crippen molar-refractivity contribution in [1.29, 1.82) is 0 Å². The van der Waals surface area contributed by atoms with Crippen molar-refractivity contribution >= 4 is 34.4 Å². The largest absolute Gasteiger partial charge is 0.497 e. The van der Waals surface area contributed by atoms with E-state index in [1.807, 2.05) is 60.1 Å². The summed E-state index contributed by atoms with van der Waals surface area (Å²) in [5.74, 6) is 1.27. The molecule has 0 saturated carbocycles. The number of hydrogen-bond donors (Lipinski definition) is 1. The molecule has 3 aromatic heterocycles. The summed E-state index contributed by atoms with van der Waals surface area (Å²) in [5, 5.41) is 12.2. The number of thiazole rings is 1. The molecule has 0 bridgehead atoms. The van der Waals surface area contributed by atoms with Gasteiger partial charge in [-0.25, -0.2) is 4.98 Å². The van der Waals surface area contributed by atoms with Crippen LogP contribution in [0.4, 0.5) is 5.82 Å². The lowest BCUT2D eigenvalue weighted by Crippen LogP contribution is -2.17. The van der Waals surface area contributed by atoms with Crippen LogP contribution in [0.5, 0.6) is 5.75 Å². The van der Waals surface area contributed by atoms with Crippen molar-refractivity contribution in [3.63, 3.8) is 0 Å². The Labute approximate surface area is 170 Å². The first-order valence-corrected chi connectivity index (χ1v) is 10.4. The summed E-state index contributed by atoms with van der Waals surface area (Å²) in [6.45, 7) is 1.89. The van der Waals surface area contributed by atoms with Crippen molar-refractivity contribution in [2.75, 3.05) is 12.4 Å². The molecule has 6 nitrogen and oxygen atoms in total. The predicted molar refractivity (Wildman–Crippen MR) is 113 cm³/mol. The highest BCUT2D eigenvalue weighted by atomic mass is 32.1. The minimum Gasteiger partial charge on any atom is -0.497 e. The first-order chi connectivity index (χ1) is 13.6. The van der Waals surface area contributed by atoms with E-state index in [9.17, 15) is 4.79 Å². The molecule has 0 spiro atoms. The van der Waals surface area contributed by atoms with Crippen LogP contribution in [-0.4, -0.2) is 27.8 Å². The van der Waals surface area contributed by atoms with Crippen LogP contribution >= 0.6 is 22.7 Å². The number of rotatable bonds is 6. The van der Waals surface area contributed by atoms with Gasteiger partial charge in [0.15, 0.2) is 0 Å². The maximum absolute atomic E-state index is 12.5. The maximum Gasteiger partial charge on any atom is 0.229 e. The summed E-state index contributed by atoms with van der Waals surface area (Å²) in [5.41, 5.74) is 2.64. The highest BCUT2D eigenvalue weighted by Gasteiger charge is 2.15. The minimum atomic E-state index is -0.110. The zero-order chi connectivity index (χ0) is 19.5. The van der Waals surface area contributed by atoms with E-state index in [1.165, 1.54) is 11.3 Å². The number of carbonyl (C=O) groups is 1. The molecule has 1 aromatic carbocycles. The first-order valence-electron chi connectivity index (χ1n) is 8.61. The maximum atomic E-state index is 12.5. The molecule has 4 aromatic rings. The second kappa shape index (κ2) is 7.95. The molecule has 0 unspecified atom stereocenters. The third-order valence-corrected chi connectivity index (χ3v) is 5.78. The van der Waals surface area contributed by atoms with Gasteiger partial charge < -0.3 is 10.1 Å². The standard InChI is InChI=1S/C20H18N4O2S2/c1-13-10-18(22-19(25)11-14-5-7-15(26-2)8-6-14)24(23-13)20-21-16(12-28-20)17-4-3-9-27-17/h3-10,12H,11H2,1-2H3,(H,22,25). The van der Waals surface area contributed by atoms with E-state index < -0.39 is 0 Å². The fourth-order valence-corrected chi connectivity index (χ4v) is 4.30. The summed E-state index contributed by atoms with van der Waals surface area (Å²) >= 11 is 3.14. The molecule has 0 aliphatic heterocycles. The molecule has 0 radical (unpaired) electrons. The number of aryl methyl sites for hydroxylation is 1. The molecule has 0 atom stereocenters. The Kier molecular flexibility index (Phi) is 5.23. The molecule has 8 heteroatoms. The number of nitrogens with one attached hydrogen (secondary N) is 1. The highest BCUT2D eigenvalue weighted by Crippen LogP contribution is 2.29. The lowest BCUT2D eigenvalue weighted by Gasteiger charge is -2.07. The fraction of sp³-hybridized carbons (Fsp3) is 0.150. The predicted octanol–water partition coefficient (Wildman–Crippen LogP) is 4.56. The molecule has 142 valence electrons. The smallest absolute Gasteiger partial charge is 0.229 e. The molecule has 0 aliphatic rings. The number of amides is 1. The zero-order valence-electron chi connectivity index (χ0n) is 15.4. The quantitative estimate of drug-likeness (QED) is 0.506. The Morgan fingerprint density at radius 3 is 2.75 bits per heavy atom. The van der Waals surface area contributed by atoms with Crippen molar-refractivity contribution in [1.82, 2.24) is 14.8 Å². The molecule has 3 heterocycles. The average Bonchev–Trinajstić information content (AvgIpc) is 3.42. The number of aromatic nitrogens is 3. The van der Waals surface area contributed by atoms with Crippen molar-refractivity contribution < 1.29 is 9.53 Å². The van der Waals surface area contributed by atoms with Crippen molar-refractivity contribution in [2.45, 2.75) is 13.3 Å². The third-order valence-electron chi connectivity index (χ3n) is 4.07. The van der Waals surface area contributed by atoms with Crippen LogP contribution in [0.1, 0.15) is 11.3 Å². The van der Waals surface area contributed by atoms with E-state index in [-0.39, 0.29) is 12.3 Å². The van der Waals surface area contributed by atoms with Gasteiger partial charge in [-0.2, -0.15) is 9.78 Å². The second-order valence-electron chi connectivity index (χ2n) is 6.15. The summed E-state index contributed by atoms with van der Waals surface area (Å²) in [6.07, 6.45) is 0.270. The number of nitrogens with zero attached hydrogens (tertiary/aromatic N) is 3. The Hall–Kier alpha value is -2.97. The van der Waals surface area contributed by atoms with E-state index in [2.05, 4.69) is 15.4 Å². The second-order valence-corrected chi connectivity index (χ2v) is 7.93. The molecular weight excluding hydrogens is 392 g/mol. The molecule has 1 N–H and O–H groups in total. The summed E-state index contributed by atoms with van der Waals surface area (Å²) in [6, 6.07) is 13.3. The Balaban J connectivity index is 1.52. The summed E-state index contributed by atoms with van der Waals surface area (Å²) in [4.78, 5) is 18.3. The lowest BCUT2D eigenvalue weighted by atomic mass is 10.1. The van der Waals surface area contributed by atoms with Gasteiger partial charge in [-0.05, 0) is 36.1 Å². The van der Waals surface area contributed by atoms with Crippen LogP contribution in [0.2, 0.25) is 0 Å². The van der Waals surface area contributed by atoms with Gasteiger partial charge in [0.25, 0.3) is 0 Å². The number of methoxy groups -OCH3 is 1. The number of benzene rings is 1. The lowest BCUT2D eigenvalue weighted by molar-refractivity contribution is -0.115. The molecule has 4 rings (SSSR count). The van der Waals surface area contributed by atoms with Crippen LogP contribution in [-0.2, 0) is 11.2 Å². The van der Waals surface area contributed by atoms with Gasteiger partial charge in [-0.1, -0.05) is 18.2 Å². The number of thiophene rings is 1. The van der Waals surface area contributed by atoms with Crippen LogP contribution in [0.3, 0.4) is 0 Å². The minimum absolute atomic E-state index is 0.110. The molecular formula is C20H18N4O2S2. The van der Waals surface area contributed by atoms with Gasteiger partial charge >= 0.3 is 0 Å². The molecule has 0 aliphatic carbocycles. The number of carbonyl (C=O) groups excluding carboxylic acids is 1. The summed E-state index contributed by atoms with van der Waals surface area (Å²) < 4.78 is 6.83. The summed E-state index contributed by atoms with van der Waals surface area (Å²) in [7, 11) is 1.62. The normalized spacial score (nSPS) is 10.8. The van der Waals surface area contributed by atoms with Gasteiger partial charge in [0.05, 0.1) is 29.8 Å². The Morgan fingerprint density at radius 2 is 2.04 bits per heavy atom. The van der Waals surface area contributed by atoms with Gasteiger partial charge in [0.2, 0.25) is 11.0 Å². The SMILES string of the molecule is COc1ccc(CC(=O)Nc2cc(C)nn2-c2nc(-c3cccs3)cs2)cc1. The van der Waals surface area contributed by atoms with Gasteiger partial charge in [-0.15, -0.1) is 22.7 Å². The number of anilines is 1. The van der Waals surface area contributed by atoms with Crippen LogP contribution in [0.15, 0.2) is 53.2 Å². The van der Waals surface area contributed by atoms with Crippen LogP contribution in [0, 0.1) is 6.92 Å². The average molecular weight is 411 g/mol. The van der Waals surface area contributed by atoms with Gasteiger partial charge in [0, 0.05) is 11.4 Å². The molecule has 0 saturated heterocycles. The van der Waals surface area contributed by atoms with Crippen LogP contribution in [0.25, 0.3) is 15.7 Å².